The number of amides is 3. The first kappa shape index (κ1) is 16.6. The number of hydrogen-bond donors (Lipinski definition) is 2. The molecule has 23 heavy (non-hydrogen) atoms. The maximum atomic E-state index is 12.2. The van der Waals surface area contributed by atoms with E-state index >= 15 is 0 Å². The molecule has 6 heteroatoms. The van der Waals surface area contributed by atoms with Crippen LogP contribution in [0.15, 0.2) is 0 Å². The van der Waals surface area contributed by atoms with Gasteiger partial charge >= 0.3 is 6.03 Å². The fourth-order valence-electron chi connectivity index (χ4n) is 4.22. The lowest BCUT2D eigenvalue weighted by Crippen LogP contribution is -2.53. The highest BCUT2D eigenvalue weighted by molar-refractivity contribution is 5.78. The molecule has 130 valence electrons. The molecule has 1 aliphatic carbocycles. The number of hydrogen-bond acceptors (Lipinski definition) is 3. The van der Waals surface area contributed by atoms with Crippen LogP contribution in [0.2, 0.25) is 0 Å². The Balaban J connectivity index is 1.36. The summed E-state index contributed by atoms with van der Waals surface area (Å²) in [6, 6.07) is 0.263. The van der Waals surface area contributed by atoms with E-state index in [9.17, 15) is 9.59 Å². The van der Waals surface area contributed by atoms with Gasteiger partial charge in [-0.3, -0.25) is 4.79 Å². The molecule has 3 amide bonds. The fourth-order valence-corrected chi connectivity index (χ4v) is 4.22. The van der Waals surface area contributed by atoms with E-state index in [2.05, 4.69) is 15.5 Å². The topological polar surface area (TPSA) is 64.7 Å². The van der Waals surface area contributed by atoms with Crippen molar-refractivity contribution in [3.8, 4) is 0 Å². The number of likely N-dealkylation sites (tertiary alicyclic amines) is 2. The number of nitrogens with zero attached hydrogens (tertiary/aromatic N) is 2. The normalized spacial score (nSPS) is 30.0. The fraction of sp³-hybridized carbons (Fsp3) is 0.882. The average Bonchev–Trinajstić information content (AvgIpc) is 3.16. The van der Waals surface area contributed by atoms with Gasteiger partial charge in [0, 0.05) is 51.7 Å². The van der Waals surface area contributed by atoms with Crippen molar-refractivity contribution in [3.05, 3.63) is 0 Å². The molecule has 2 heterocycles. The Bertz CT molecular complexity index is 436. The number of nitrogens with one attached hydrogen (secondary N) is 2. The third-order valence-electron chi connectivity index (χ3n) is 5.56. The van der Waals surface area contributed by atoms with E-state index in [0.717, 1.165) is 31.8 Å². The molecule has 2 aliphatic heterocycles. The van der Waals surface area contributed by atoms with Crippen molar-refractivity contribution in [3.63, 3.8) is 0 Å². The molecule has 2 saturated heterocycles. The van der Waals surface area contributed by atoms with Crippen molar-refractivity contribution in [2.24, 2.45) is 5.92 Å². The average molecular weight is 322 g/mol. The molecule has 1 saturated carbocycles. The second-order valence-electron chi connectivity index (χ2n) is 7.52. The maximum absolute atomic E-state index is 12.2. The van der Waals surface area contributed by atoms with Crippen LogP contribution in [0.5, 0.6) is 0 Å². The maximum Gasteiger partial charge on any atom is 0.315 e. The lowest BCUT2D eigenvalue weighted by molar-refractivity contribution is -0.132. The van der Waals surface area contributed by atoms with E-state index in [-0.39, 0.29) is 24.0 Å². The molecule has 0 aromatic heterocycles. The van der Waals surface area contributed by atoms with E-state index < -0.39 is 0 Å². The summed E-state index contributed by atoms with van der Waals surface area (Å²) in [5, 5.41) is 6.13. The minimum absolute atomic E-state index is 0.0775. The van der Waals surface area contributed by atoms with Crippen LogP contribution in [-0.2, 0) is 4.79 Å². The quantitative estimate of drug-likeness (QED) is 0.817. The van der Waals surface area contributed by atoms with E-state index in [1.165, 1.54) is 32.2 Å². The van der Waals surface area contributed by atoms with Gasteiger partial charge in [0.25, 0.3) is 0 Å². The first-order valence-corrected chi connectivity index (χ1v) is 9.13. The van der Waals surface area contributed by atoms with Gasteiger partial charge in [0.1, 0.15) is 0 Å². The van der Waals surface area contributed by atoms with E-state index in [0.29, 0.717) is 13.0 Å². The first-order valence-electron chi connectivity index (χ1n) is 9.13. The molecule has 3 rings (SSSR count). The standard InChI is InChI=1S/C17H30N4O2/c1-20-11-14(6-7-16(20)22)18-17(23)19-15-8-9-21(12-15)10-13-4-2-3-5-13/h13-15H,2-12H2,1H3,(H2,18,19,23). The molecule has 0 radical (unpaired) electrons. The number of rotatable bonds is 4. The van der Waals surface area contributed by atoms with Gasteiger partial charge < -0.3 is 20.4 Å². The van der Waals surface area contributed by atoms with Gasteiger partial charge in [0.2, 0.25) is 5.91 Å². The smallest absolute Gasteiger partial charge is 0.315 e. The van der Waals surface area contributed by atoms with Crippen LogP contribution >= 0.6 is 0 Å². The third-order valence-corrected chi connectivity index (χ3v) is 5.56. The highest BCUT2D eigenvalue weighted by Crippen LogP contribution is 2.26. The van der Waals surface area contributed by atoms with Crippen LogP contribution in [0.1, 0.15) is 44.9 Å². The Hall–Kier alpha value is -1.30. The summed E-state index contributed by atoms with van der Waals surface area (Å²) in [4.78, 5) is 27.8. The SMILES string of the molecule is CN1CC(NC(=O)NC2CCN(CC3CCCC3)C2)CCC1=O. The monoisotopic (exact) mass is 322 g/mol. The summed E-state index contributed by atoms with van der Waals surface area (Å²) < 4.78 is 0. The second kappa shape index (κ2) is 7.51. The molecule has 0 aromatic carbocycles. The summed E-state index contributed by atoms with van der Waals surface area (Å²) in [5.74, 6) is 1.04. The lowest BCUT2D eigenvalue weighted by Gasteiger charge is -2.30. The van der Waals surface area contributed by atoms with Gasteiger partial charge in [-0.1, -0.05) is 12.8 Å². The van der Waals surface area contributed by atoms with Crippen molar-refractivity contribution < 1.29 is 9.59 Å². The van der Waals surface area contributed by atoms with Gasteiger partial charge in [-0.15, -0.1) is 0 Å². The molecule has 2 unspecified atom stereocenters. The molecule has 6 nitrogen and oxygen atoms in total. The molecule has 3 fully saturated rings. The number of likely N-dealkylation sites (N-methyl/N-ethyl adjacent to an activating group) is 1. The second-order valence-corrected chi connectivity index (χ2v) is 7.52. The largest absolute Gasteiger partial charge is 0.344 e. The Morgan fingerprint density at radius 2 is 1.78 bits per heavy atom. The van der Waals surface area contributed by atoms with Gasteiger partial charge in [-0.25, -0.2) is 4.79 Å². The van der Waals surface area contributed by atoms with E-state index in [1.54, 1.807) is 11.9 Å². The summed E-state index contributed by atoms with van der Waals surface area (Å²) >= 11 is 0. The van der Waals surface area contributed by atoms with Crippen molar-refractivity contribution in [1.82, 2.24) is 20.4 Å². The third kappa shape index (κ3) is 4.59. The van der Waals surface area contributed by atoms with E-state index in [1.807, 2.05) is 0 Å². The molecule has 2 N–H and O–H groups in total. The number of urea groups is 1. The minimum atomic E-state index is -0.0783. The highest BCUT2D eigenvalue weighted by atomic mass is 16.2. The van der Waals surface area contributed by atoms with Crippen LogP contribution < -0.4 is 10.6 Å². The van der Waals surface area contributed by atoms with Crippen molar-refractivity contribution in [1.29, 1.82) is 0 Å². The molecular weight excluding hydrogens is 292 g/mol. The molecule has 3 aliphatic rings. The number of piperidine rings is 1. The Labute approximate surface area is 139 Å². The van der Waals surface area contributed by atoms with Crippen molar-refractivity contribution in [2.45, 2.75) is 57.0 Å². The Kier molecular flexibility index (Phi) is 5.41. The zero-order valence-electron chi connectivity index (χ0n) is 14.2. The van der Waals surface area contributed by atoms with Crippen molar-refractivity contribution in [2.75, 3.05) is 33.2 Å². The number of carbonyl (C=O) groups is 2. The lowest BCUT2D eigenvalue weighted by atomic mass is 10.1. The Morgan fingerprint density at radius 3 is 2.48 bits per heavy atom. The van der Waals surface area contributed by atoms with Gasteiger partial charge in [0.15, 0.2) is 0 Å². The Morgan fingerprint density at radius 1 is 1.09 bits per heavy atom. The van der Waals surface area contributed by atoms with Crippen LogP contribution in [0.4, 0.5) is 4.79 Å². The summed E-state index contributed by atoms with van der Waals surface area (Å²) in [7, 11) is 1.80. The van der Waals surface area contributed by atoms with Gasteiger partial charge in [-0.2, -0.15) is 0 Å². The molecule has 0 aromatic rings. The summed E-state index contributed by atoms with van der Waals surface area (Å²) in [5.41, 5.74) is 0. The predicted octanol–water partition coefficient (Wildman–Crippen LogP) is 1.17. The predicted molar refractivity (Wildman–Crippen MR) is 89.1 cm³/mol. The zero-order valence-corrected chi connectivity index (χ0v) is 14.2. The van der Waals surface area contributed by atoms with Crippen LogP contribution in [0.3, 0.4) is 0 Å². The molecule has 0 spiro atoms. The highest BCUT2D eigenvalue weighted by Gasteiger charge is 2.28. The van der Waals surface area contributed by atoms with Crippen LogP contribution in [0, 0.1) is 5.92 Å². The molecular formula is C17H30N4O2. The summed E-state index contributed by atoms with van der Waals surface area (Å²) in [6.45, 7) is 3.90. The van der Waals surface area contributed by atoms with E-state index in [4.69, 9.17) is 0 Å². The molecule has 0 bridgehead atoms. The first-order chi connectivity index (χ1) is 11.1. The summed E-state index contributed by atoms with van der Waals surface area (Å²) in [6.07, 6.45) is 7.85. The van der Waals surface area contributed by atoms with Crippen LogP contribution in [0.25, 0.3) is 0 Å². The van der Waals surface area contributed by atoms with Crippen molar-refractivity contribution >= 4 is 11.9 Å². The van der Waals surface area contributed by atoms with Gasteiger partial charge in [0.05, 0.1) is 0 Å². The number of carbonyl (C=O) groups excluding carboxylic acids is 2. The van der Waals surface area contributed by atoms with Crippen LogP contribution in [-0.4, -0.2) is 67.0 Å². The minimum Gasteiger partial charge on any atom is -0.344 e. The zero-order chi connectivity index (χ0) is 16.2. The van der Waals surface area contributed by atoms with Gasteiger partial charge in [-0.05, 0) is 31.6 Å². The molecule has 2 atom stereocenters.